The third-order valence-electron chi connectivity index (χ3n) is 4.26. The molecule has 1 saturated carbocycles. The number of hydrogen-bond donors (Lipinski definition) is 1. The zero-order valence-corrected chi connectivity index (χ0v) is 10.8. The predicted octanol–water partition coefficient (Wildman–Crippen LogP) is 4.04. The zero-order valence-electron chi connectivity index (χ0n) is 10.8. The number of hydrogen-bond acceptors (Lipinski definition) is 1. The third-order valence-corrected chi connectivity index (χ3v) is 4.26. The van der Waals surface area contributed by atoms with E-state index >= 15 is 0 Å². The molecule has 0 aromatic rings. The molecule has 2 unspecified atom stereocenters. The molecule has 0 bridgehead atoms. The molecule has 1 heteroatoms. The van der Waals surface area contributed by atoms with Crippen LogP contribution in [0.2, 0.25) is 0 Å². The summed E-state index contributed by atoms with van der Waals surface area (Å²) in [5.74, 6) is 1.03. The minimum absolute atomic E-state index is 0.757. The van der Waals surface area contributed by atoms with Gasteiger partial charge in [0.05, 0.1) is 0 Å². The van der Waals surface area contributed by atoms with E-state index in [1.165, 1.54) is 57.8 Å². The molecule has 0 aromatic carbocycles. The fourth-order valence-corrected chi connectivity index (χ4v) is 3.33. The molecule has 16 heavy (non-hydrogen) atoms. The van der Waals surface area contributed by atoms with Gasteiger partial charge in [-0.15, -0.1) is 0 Å². The molecule has 92 valence electrons. The molecular weight excluding hydrogens is 194 g/mol. The van der Waals surface area contributed by atoms with Crippen molar-refractivity contribution in [3.63, 3.8) is 0 Å². The van der Waals surface area contributed by atoms with Crippen LogP contribution in [0.15, 0.2) is 12.2 Å². The van der Waals surface area contributed by atoms with Gasteiger partial charge in [-0.1, -0.05) is 44.8 Å². The molecule has 0 saturated heterocycles. The van der Waals surface area contributed by atoms with Crippen LogP contribution >= 0.6 is 0 Å². The summed E-state index contributed by atoms with van der Waals surface area (Å²) in [6.07, 6.45) is 17.2. The summed E-state index contributed by atoms with van der Waals surface area (Å²) >= 11 is 0. The second kappa shape index (κ2) is 6.44. The fourth-order valence-electron chi connectivity index (χ4n) is 3.33. The van der Waals surface area contributed by atoms with Crippen LogP contribution in [0.5, 0.6) is 0 Å². The van der Waals surface area contributed by atoms with Gasteiger partial charge in [0.2, 0.25) is 0 Å². The van der Waals surface area contributed by atoms with Gasteiger partial charge in [-0.25, -0.2) is 0 Å². The van der Waals surface area contributed by atoms with Crippen molar-refractivity contribution in [2.45, 2.75) is 76.8 Å². The molecule has 1 N–H and O–H groups in total. The van der Waals surface area contributed by atoms with Crippen LogP contribution in [-0.4, -0.2) is 12.1 Å². The smallest absolute Gasteiger partial charge is 0.0139 e. The van der Waals surface area contributed by atoms with Crippen LogP contribution in [0, 0.1) is 5.92 Å². The number of rotatable bonds is 4. The molecule has 2 atom stereocenters. The Balaban J connectivity index is 1.71. The van der Waals surface area contributed by atoms with Crippen LogP contribution in [-0.2, 0) is 0 Å². The maximum atomic E-state index is 3.86. The third kappa shape index (κ3) is 3.62. The fraction of sp³-hybridized carbons (Fsp3) is 0.867. The van der Waals surface area contributed by atoms with Gasteiger partial charge in [0, 0.05) is 12.1 Å². The lowest BCUT2D eigenvalue weighted by Crippen LogP contribution is -2.36. The Bertz CT molecular complexity index is 213. The molecule has 0 radical (unpaired) electrons. The molecule has 2 aliphatic carbocycles. The Morgan fingerprint density at radius 3 is 2.56 bits per heavy atom. The summed E-state index contributed by atoms with van der Waals surface area (Å²) < 4.78 is 0. The van der Waals surface area contributed by atoms with Gasteiger partial charge >= 0.3 is 0 Å². The summed E-state index contributed by atoms with van der Waals surface area (Å²) in [6.45, 7) is 2.32. The minimum atomic E-state index is 0.757. The largest absolute Gasteiger partial charge is 0.311 e. The van der Waals surface area contributed by atoms with Crippen molar-refractivity contribution in [3.05, 3.63) is 12.2 Å². The average molecular weight is 221 g/mol. The first-order valence-corrected chi connectivity index (χ1v) is 7.29. The van der Waals surface area contributed by atoms with Crippen LogP contribution in [0.3, 0.4) is 0 Å². The first-order chi connectivity index (χ1) is 7.88. The van der Waals surface area contributed by atoms with E-state index in [4.69, 9.17) is 0 Å². The maximum Gasteiger partial charge on any atom is 0.0139 e. The lowest BCUT2D eigenvalue weighted by molar-refractivity contribution is 0.385. The molecule has 2 aliphatic rings. The quantitative estimate of drug-likeness (QED) is 0.558. The molecule has 1 fully saturated rings. The lowest BCUT2D eigenvalue weighted by Gasteiger charge is -2.21. The van der Waals surface area contributed by atoms with E-state index in [1.54, 1.807) is 0 Å². The standard InChI is InChI=1S/C15H27N/c1-2-6-13-7-5-10-15(12-11-13)16-14-8-3-4-9-14/h3-4,13-16H,2,5-12H2,1H3. The Morgan fingerprint density at radius 1 is 1.00 bits per heavy atom. The van der Waals surface area contributed by atoms with Crippen LogP contribution < -0.4 is 5.32 Å². The van der Waals surface area contributed by atoms with E-state index < -0.39 is 0 Å². The first kappa shape index (κ1) is 12.2. The van der Waals surface area contributed by atoms with E-state index in [9.17, 15) is 0 Å². The van der Waals surface area contributed by atoms with E-state index in [0.717, 1.165) is 18.0 Å². The molecule has 0 amide bonds. The monoisotopic (exact) mass is 221 g/mol. The molecule has 0 aliphatic heterocycles. The van der Waals surface area contributed by atoms with Gasteiger partial charge in [-0.3, -0.25) is 0 Å². The van der Waals surface area contributed by atoms with Crippen molar-refractivity contribution in [2.24, 2.45) is 5.92 Å². The molecule has 0 spiro atoms. The van der Waals surface area contributed by atoms with Crippen molar-refractivity contribution >= 4 is 0 Å². The Kier molecular flexibility index (Phi) is 4.90. The normalized spacial score (nSPS) is 31.8. The minimum Gasteiger partial charge on any atom is -0.311 e. The van der Waals surface area contributed by atoms with Crippen LogP contribution in [0.1, 0.15) is 64.7 Å². The van der Waals surface area contributed by atoms with Gasteiger partial charge < -0.3 is 5.32 Å². The second-order valence-electron chi connectivity index (χ2n) is 5.67. The van der Waals surface area contributed by atoms with E-state index in [0.29, 0.717) is 0 Å². The first-order valence-electron chi connectivity index (χ1n) is 7.29. The summed E-state index contributed by atoms with van der Waals surface area (Å²) in [5, 5.41) is 3.86. The Morgan fingerprint density at radius 2 is 1.81 bits per heavy atom. The van der Waals surface area contributed by atoms with E-state index in [2.05, 4.69) is 24.4 Å². The summed E-state index contributed by atoms with van der Waals surface area (Å²) in [5.41, 5.74) is 0. The van der Waals surface area contributed by atoms with Gasteiger partial charge in [-0.2, -0.15) is 0 Å². The molecule has 1 nitrogen and oxygen atoms in total. The summed E-state index contributed by atoms with van der Waals surface area (Å²) in [7, 11) is 0. The van der Waals surface area contributed by atoms with Gasteiger partial charge in [0.25, 0.3) is 0 Å². The van der Waals surface area contributed by atoms with Crippen molar-refractivity contribution in [1.82, 2.24) is 5.32 Å². The van der Waals surface area contributed by atoms with Gasteiger partial charge in [-0.05, 0) is 38.0 Å². The van der Waals surface area contributed by atoms with Crippen LogP contribution in [0.4, 0.5) is 0 Å². The number of nitrogens with one attached hydrogen (secondary N) is 1. The van der Waals surface area contributed by atoms with Crippen molar-refractivity contribution in [1.29, 1.82) is 0 Å². The molecule has 2 rings (SSSR count). The highest BCUT2D eigenvalue weighted by atomic mass is 14.9. The van der Waals surface area contributed by atoms with Crippen molar-refractivity contribution in [3.8, 4) is 0 Å². The van der Waals surface area contributed by atoms with E-state index in [-0.39, 0.29) is 0 Å². The highest BCUT2D eigenvalue weighted by Crippen LogP contribution is 2.27. The maximum absolute atomic E-state index is 3.86. The molecular formula is C15H27N. The molecule has 0 aromatic heterocycles. The zero-order chi connectivity index (χ0) is 11.2. The highest BCUT2D eigenvalue weighted by molar-refractivity contribution is 4.98. The van der Waals surface area contributed by atoms with Crippen molar-refractivity contribution in [2.75, 3.05) is 0 Å². The summed E-state index contributed by atoms with van der Waals surface area (Å²) in [4.78, 5) is 0. The Hall–Kier alpha value is -0.300. The predicted molar refractivity (Wildman–Crippen MR) is 70.6 cm³/mol. The average Bonchev–Trinajstić information content (AvgIpc) is 2.68. The molecule has 0 heterocycles. The summed E-state index contributed by atoms with van der Waals surface area (Å²) in [6, 6.07) is 1.57. The highest BCUT2D eigenvalue weighted by Gasteiger charge is 2.20. The second-order valence-corrected chi connectivity index (χ2v) is 5.67. The SMILES string of the molecule is CCCC1CCCC(NC2CC=CC2)CC1. The van der Waals surface area contributed by atoms with Gasteiger partial charge in [0.1, 0.15) is 0 Å². The lowest BCUT2D eigenvalue weighted by atomic mass is 9.95. The van der Waals surface area contributed by atoms with Crippen molar-refractivity contribution < 1.29 is 0 Å². The topological polar surface area (TPSA) is 12.0 Å². The van der Waals surface area contributed by atoms with E-state index in [1.807, 2.05) is 0 Å². The van der Waals surface area contributed by atoms with Crippen LogP contribution in [0.25, 0.3) is 0 Å². The Labute approximate surface area is 101 Å². The van der Waals surface area contributed by atoms with Gasteiger partial charge in [0.15, 0.2) is 0 Å².